The molecule has 0 fully saturated rings. The fraction of sp³-hybridized carbons (Fsp3) is 0.296. The van der Waals surface area contributed by atoms with Gasteiger partial charge in [0.15, 0.2) is 17.7 Å². The van der Waals surface area contributed by atoms with Crippen LogP contribution in [0, 0.1) is 12.3 Å². The number of nitrogens with one attached hydrogen (secondary N) is 3. The highest BCUT2D eigenvalue weighted by Crippen LogP contribution is 2.34. The number of urea groups is 1. The molecule has 2 aromatic carbocycles. The van der Waals surface area contributed by atoms with Gasteiger partial charge in [0.25, 0.3) is 0 Å². The largest absolute Gasteiger partial charge is 0.490 e. The fourth-order valence-electron chi connectivity index (χ4n) is 3.65. The van der Waals surface area contributed by atoms with Crippen LogP contribution >= 0.6 is 0 Å². The molecule has 11 heteroatoms. The number of hydrogen-bond donors (Lipinski definition) is 4. The summed E-state index contributed by atoms with van der Waals surface area (Å²) in [4.78, 5) is 24.5. The summed E-state index contributed by atoms with van der Waals surface area (Å²) in [5, 5.41) is 19.6. The van der Waals surface area contributed by atoms with E-state index in [4.69, 9.17) is 25.4 Å². The van der Waals surface area contributed by atoms with Crippen molar-refractivity contribution in [3.63, 3.8) is 0 Å². The number of benzene rings is 2. The molecule has 1 aliphatic heterocycles. The zero-order valence-electron chi connectivity index (χ0n) is 21.3. The Bertz CT molecular complexity index is 1250. The number of nitrogens with zero attached hydrogens (tertiary/aromatic N) is 1. The molecule has 1 heterocycles. The quantitative estimate of drug-likeness (QED) is 0.109. The number of hydrogen-bond acceptors (Lipinski definition) is 9. The first-order chi connectivity index (χ1) is 18.4. The molecular formula is C27H30N4O7. The van der Waals surface area contributed by atoms with Gasteiger partial charge in [-0.3, -0.25) is 5.43 Å². The highest BCUT2D eigenvalue weighted by atomic mass is 16.5. The van der Waals surface area contributed by atoms with Crippen LogP contribution in [0.2, 0.25) is 0 Å². The smallest absolute Gasteiger partial charge is 0.337 e. The molecule has 11 nitrogen and oxygen atoms in total. The molecule has 0 bridgehead atoms. The lowest BCUT2D eigenvalue weighted by Crippen LogP contribution is -2.45. The zero-order valence-corrected chi connectivity index (χ0v) is 21.3. The Labute approximate surface area is 220 Å². The summed E-state index contributed by atoms with van der Waals surface area (Å²) in [7, 11) is 1.27. The molecule has 0 spiro atoms. The molecule has 2 amide bonds. The summed E-state index contributed by atoms with van der Waals surface area (Å²) < 4.78 is 21.8. The minimum Gasteiger partial charge on any atom is -0.490 e. The number of allylic oxidation sites excluding steroid dienone is 1. The van der Waals surface area contributed by atoms with Crippen LogP contribution in [-0.4, -0.2) is 56.5 Å². The normalized spacial score (nSPS) is 15.7. The second-order valence-electron chi connectivity index (χ2n) is 7.95. The summed E-state index contributed by atoms with van der Waals surface area (Å²) in [5.74, 6) is 3.12. The average molecular weight is 523 g/mol. The maximum Gasteiger partial charge on any atom is 0.337 e. The van der Waals surface area contributed by atoms with Crippen molar-refractivity contribution < 1.29 is 33.6 Å². The first-order valence-corrected chi connectivity index (χ1v) is 11.8. The Morgan fingerprint density at radius 2 is 2.00 bits per heavy atom. The van der Waals surface area contributed by atoms with Crippen LogP contribution in [0.1, 0.15) is 31.0 Å². The van der Waals surface area contributed by atoms with Crippen molar-refractivity contribution in [2.75, 3.05) is 26.9 Å². The van der Waals surface area contributed by atoms with E-state index in [9.17, 15) is 14.7 Å². The number of aliphatic hydroxyl groups is 1. The van der Waals surface area contributed by atoms with Crippen molar-refractivity contribution >= 4 is 18.2 Å². The van der Waals surface area contributed by atoms with Crippen LogP contribution in [0.4, 0.5) is 4.79 Å². The molecule has 0 aliphatic carbocycles. The molecule has 1 aliphatic rings. The van der Waals surface area contributed by atoms with Gasteiger partial charge in [0.1, 0.15) is 19.0 Å². The number of rotatable bonds is 12. The number of amides is 2. The fourth-order valence-corrected chi connectivity index (χ4v) is 3.65. The minimum atomic E-state index is -1.14. The van der Waals surface area contributed by atoms with E-state index < -0.39 is 24.3 Å². The predicted molar refractivity (Wildman–Crippen MR) is 140 cm³/mol. The number of terminal acetylenes is 1. The molecule has 2 atom stereocenters. The third-order valence-corrected chi connectivity index (χ3v) is 5.33. The molecule has 2 aromatic rings. The van der Waals surface area contributed by atoms with Crippen LogP contribution in [0.5, 0.6) is 17.2 Å². The van der Waals surface area contributed by atoms with Crippen LogP contribution in [0.3, 0.4) is 0 Å². The van der Waals surface area contributed by atoms with E-state index in [1.54, 1.807) is 37.3 Å². The second kappa shape index (κ2) is 13.6. The van der Waals surface area contributed by atoms with Gasteiger partial charge in [-0.2, -0.15) is 5.10 Å². The molecule has 38 heavy (non-hydrogen) atoms. The first-order valence-electron chi connectivity index (χ1n) is 11.8. The summed E-state index contributed by atoms with van der Waals surface area (Å²) in [6.07, 6.45) is 5.60. The first kappa shape index (κ1) is 27.9. The van der Waals surface area contributed by atoms with Crippen LogP contribution in [0.25, 0.3) is 0 Å². The van der Waals surface area contributed by atoms with Crippen LogP contribution < -0.4 is 30.3 Å². The standard InChI is InChI=1S/C27H30N4O7/c1-5-13-37-20-10-8-7-9-19(20)15-28-31-23(32)16-38-21-12-11-18(14-22(21)36-6-2)25-24(26(33)35-4)17(3)29-27(34)30-25/h1,7-12,14-15,23,25,31-32H,6,13,16H2,2-4H3,(H2,29,30,34)/b28-15+/t23-,25-/m1/s1. The van der Waals surface area contributed by atoms with E-state index in [1.807, 2.05) is 19.1 Å². The number of hydrazone groups is 1. The van der Waals surface area contributed by atoms with Crippen LogP contribution in [0.15, 0.2) is 58.8 Å². The SMILES string of the molecule is C#CCOc1ccccc1/C=N/N[C@H](O)COc1ccc([C@H]2NC(=O)NC(C)=C2C(=O)OC)cc1OCC. The Balaban J connectivity index is 1.69. The van der Waals surface area contributed by atoms with E-state index in [1.165, 1.54) is 13.3 Å². The number of aliphatic hydroxyl groups excluding tert-OH is 1. The van der Waals surface area contributed by atoms with Gasteiger partial charge in [0.05, 0.1) is 31.5 Å². The third kappa shape index (κ3) is 7.18. The maximum atomic E-state index is 12.4. The summed E-state index contributed by atoms with van der Waals surface area (Å²) in [6.45, 7) is 3.74. The Morgan fingerprint density at radius 1 is 1.21 bits per heavy atom. The summed E-state index contributed by atoms with van der Waals surface area (Å²) in [5.41, 5.74) is 4.51. The van der Waals surface area contributed by atoms with Gasteiger partial charge in [-0.25, -0.2) is 9.59 Å². The molecule has 200 valence electrons. The lowest BCUT2D eigenvalue weighted by molar-refractivity contribution is -0.136. The van der Waals surface area contributed by atoms with E-state index in [-0.39, 0.29) is 18.8 Å². The predicted octanol–water partition coefficient (Wildman–Crippen LogP) is 2.22. The number of methoxy groups -OCH3 is 1. The molecule has 0 radical (unpaired) electrons. The van der Waals surface area contributed by atoms with Gasteiger partial charge in [-0.05, 0) is 43.7 Å². The Kier molecular flexibility index (Phi) is 9.96. The van der Waals surface area contributed by atoms with E-state index >= 15 is 0 Å². The van der Waals surface area contributed by atoms with Crippen molar-refractivity contribution in [2.45, 2.75) is 26.1 Å². The summed E-state index contributed by atoms with van der Waals surface area (Å²) in [6, 6.07) is 11.0. The number of carbonyl (C=O) groups excluding carboxylic acids is 2. The topological polar surface area (TPSA) is 140 Å². The van der Waals surface area contributed by atoms with Crippen molar-refractivity contribution in [3.8, 4) is 29.6 Å². The van der Waals surface area contributed by atoms with Gasteiger partial charge in [-0.15, -0.1) is 6.42 Å². The molecule has 0 aromatic heterocycles. The number of carbonyl (C=O) groups is 2. The van der Waals surface area contributed by atoms with Crippen molar-refractivity contribution in [1.29, 1.82) is 0 Å². The molecule has 3 rings (SSSR count). The molecule has 0 saturated carbocycles. The van der Waals surface area contributed by atoms with Gasteiger partial charge < -0.3 is 34.7 Å². The van der Waals surface area contributed by atoms with Gasteiger partial charge in [-0.1, -0.05) is 24.1 Å². The molecule has 0 unspecified atom stereocenters. The van der Waals surface area contributed by atoms with Gasteiger partial charge in [0.2, 0.25) is 0 Å². The third-order valence-electron chi connectivity index (χ3n) is 5.33. The lowest BCUT2D eigenvalue weighted by atomic mass is 9.95. The number of para-hydroxylation sites is 1. The zero-order chi connectivity index (χ0) is 27.5. The van der Waals surface area contributed by atoms with Crippen molar-refractivity contribution in [2.24, 2.45) is 5.10 Å². The second-order valence-corrected chi connectivity index (χ2v) is 7.95. The molecule has 0 saturated heterocycles. The van der Waals surface area contributed by atoms with E-state index in [0.29, 0.717) is 40.7 Å². The van der Waals surface area contributed by atoms with Crippen molar-refractivity contribution in [3.05, 3.63) is 64.9 Å². The lowest BCUT2D eigenvalue weighted by Gasteiger charge is -2.28. The average Bonchev–Trinajstić information content (AvgIpc) is 2.91. The molecular weight excluding hydrogens is 492 g/mol. The monoisotopic (exact) mass is 522 g/mol. The summed E-state index contributed by atoms with van der Waals surface area (Å²) >= 11 is 0. The maximum absolute atomic E-state index is 12.4. The van der Waals surface area contributed by atoms with Crippen molar-refractivity contribution in [1.82, 2.24) is 16.1 Å². The van der Waals surface area contributed by atoms with Crippen LogP contribution in [-0.2, 0) is 9.53 Å². The minimum absolute atomic E-state index is 0.125. The highest BCUT2D eigenvalue weighted by molar-refractivity contribution is 5.95. The highest BCUT2D eigenvalue weighted by Gasteiger charge is 2.32. The van der Waals surface area contributed by atoms with E-state index in [2.05, 4.69) is 27.1 Å². The van der Waals surface area contributed by atoms with Gasteiger partial charge >= 0.3 is 12.0 Å². The van der Waals surface area contributed by atoms with E-state index in [0.717, 1.165) is 0 Å². The molecule has 4 N–H and O–H groups in total. The number of esters is 1. The van der Waals surface area contributed by atoms with Gasteiger partial charge in [0, 0.05) is 11.3 Å². The number of ether oxygens (including phenoxy) is 4. The Morgan fingerprint density at radius 3 is 2.74 bits per heavy atom. The Hall–Kier alpha value is -4.69.